The van der Waals surface area contributed by atoms with Gasteiger partial charge in [0.2, 0.25) is 0 Å². The highest BCUT2D eigenvalue weighted by Crippen LogP contribution is 2.64. The Hall–Kier alpha value is -1.18. The van der Waals surface area contributed by atoms with Gasteiger partial charge in [0.15, 0.2) is 0 Å². The molecule has 1 atom stereocenters. The molecule has 0 aliphatic heterocycles. The number of carbonyl (C=O) groups is 1. The number of ketones is 1. The van der Waals surface area contributed by atoms with Crippen LogP contribution >= 0.6 is 0 Å². The van der Waals surface area contributed by atoms with Gasteiger partial charge in [0.05, 0.1) is 5.41 Å². The summed E-state index contributed by atoms with van der Waals surface area (Å²) in [7, 11) is 0. The summed E-state index contributed by atoms with van der Waals surface area (Å²) >= 11 is 0. The van der Waals surface area contributed by atoms with Gasteiger partial charge < -0.3 is 0 Å². The van der Waals surface area contributed by atoms with Crippen molar-refractivity contribution in [2.24, 2.45) is 5.41 Å². The SMILES string of the molecule is CC.CC(=O)C1(c2ccc(F)cc2)CC1(C)C. The molecule has 1 unspecified atom stereocenters. The summed E-state index contributed by atoms with van der Waals surface area (Å²) in [6.45, 7) is 9.79. The first-order valence-corrected chi connectivity index (χ1v) is 6.17. The Labute approximate surface area is 103 Å². The monoisotopic (exact) mass is 236 g/mol. The van der Waals surface area contributed by atoms with Crippen LogP contribution in [0.15, 0.2) is 24.3 Å². The van der Waals surface area contributed by atoms with E-state index in [2.05, 4.69) is 13.8 Å². The molecule has 0 amide bonds. The maximum Gasteiger partial charge on any atom is 0.140 e. The van der Waals surface area contributed by atoms with Gasteiger partial charge in [-0.3, -0.25) is 4.79 Å². The molecule has 1 fully saturated rings. The average molecular weight is 236 g/mol. The van der Waals surface area contributed by atoms with E-state index in [1.807, 2.05) is 13.8 Å². The van der Waals surface area contributed by atoms with Crippen molar-refractivity contribution in [2.45, 2.75) is 46.5 Å². The lowest BCUT2D eigenvalue weighted by Gasteiger charge is -2.17. The van der Waals surface area contributed by atoms with Gasteiger partial charge >= 0.3 is 0 Å². The zero-order chi connectivity index (χ0) is 13.3. The minimum Gasteiger partial charge on any atom is -0.299 e. The largest absolute Gasteiger partial charge is 0.299 e. The molecule has 0 spiro atoms. The van der Waals surface area contributed by atoms with Crippen molar-refractivity contribution in [1.29, 1.82) is 0 Å². The van der Waals surface area contributed by atoms with E-state index in [9.17, 15) is 9.18 Å². The van der Waals surface area contributed by atoms with Crippen molar-refractivity contribution in [3.8, 4) is 0 Å². The van der Waals surface area contributed by atoms with E-state index < -0.39 is 0 Å². The molecule has 2 heteroatoms. The van der Waals surface area contributed by atoms with Gasteiger partial charge in [-0.1, -0.05) is 39.8 Å². The lowest BCUT2D eigenvalue weighted by Crippen LogP contribution is -2.23. The predicted octanol–water partition coefficient (Wildman–Crippen LogP) is 4.11. The van der Waals surface area contributed by atoms with E-state index in [0.717, 1.165) is 12.0 Å². The number of benzene rings is 1. The Morgan fingerprint density at radius 2 is 1.59 bits per heavy atom. The smallest absolute Gasteiger partial charge is 0.140 e. The highest BCUT2D eigenvalue weighted by molar-refractivity contribution is 5.92. The molecule has 94 valence electrons. The molecule has 0 saturated heterocycles. The summed E-state index contributed by atoms with van der Waals surface area (Å²) in [5.41, 5.74) is 0.582. The quantitative estimate of drug-likeness (QED) is 0.755. The van der Waals surface area contributed by atoms with E-state index >= 15 is 0 Å². The Morgan fingerprint density at radius 1 is 1.18 bits per heavy atom. The lowest BCUT2D eigenvalue weighted by atomic mass is 9.85. The van der Waals surface area contributed by atoms with Crippen LogP contribution in [0, 0.1) is 11.2 Å². The first-order chi connectivity index (χ1) is 7.90. The predicted molar refractivity (Wildman–Crippen MR) is 68.5 cm³/mol. The molecule has 1 saturated carbocycles. The number of hydrogen-bond acceptors (Lipinski definition) is 1. The zero-order valence-electron chi connectivity index (χ0n) is 11.3. The molecular weight excluding hydrogens is 215 g/mol. The van der Waals surface area contributed by atoms with E-state index in [-0.39, 0.29) is 22.4 Å². The van der Waals surface area contributed by atoms with Gasteiger partial charge in [0.25, 0.3) is 0 Å². The van der Waals surface area contributed by atoms with Gasteiger partial charge in [0, 0.05) is 0 Å². The van der Waals surface area contributed by atoms with Crippen LogP contribution < -0.4 is 0 Å². The van der Waals surface area contributed by atoms with Crippen LogP contribution in [0.4, 0.5) is 4.39 Å². The third-order valence-corrected chi connectivity index (χ3v) is 3.68. The summed E-state index contributed by atoms with van der Waals surface area (Å²) in [6.07, 6.45) is 0.862. The molecule has 1 aliphatic rings. The van der Waals surface area contributed by atoms with Crippen molar-refractivity contribution >= 4 is 5.78 Å². The molecule has 1 aliphatic carbocycles. The van der Waals surface area contributed by atoms with Crippen molar-refractivity contribution in [2.75, 3.05) is 0 Å². The number of carbonyl (C=O) groups excluding carboxylic acids is 1. The fourth-order valence-electron chi connectivity index (χ4n) is 2.65. The molecule has 2 rings (SSSR count). The number of rotatable bonds is 2. The van der Waals surface area contributed by atoms with Crippen LogP contribution in [-0.4, -0.2) is 5.78 Å². The Bertz CT molecular complexity index is 405. The second-order valence-electron chi connectivity index (χ2n) is 5.03. The van der Waals surface area contributed by atoms with E-state index in [1.165, 1.54) is 12.1 Å². The molecule has 0 radical (unpaired) electrons. The number of Topliss-reactive ketones (excluding diaryl/α,β-unsaturated/α-hetero) is 1. The van der Waals surface area contributed by atoms with Crippen molar-refractivity contribution in [3.63, 3.8) is 0 Å². The van der Waals surface area contributed by atoms with Crippen LogP contribution in [0.5, 0.6) is 0 Å². The van der Waals surface area contributed by atoms with E-state index in [4.69, 9.17) is 0 Å². The van der Waals surface area contributed by atoms with Gasteiger partial charge in [-0.05, 0) is 36.5 Å². The van der Waals surface area contributed by atoms with Crippen molar-refractivity contribution < 1.29 is 9.18 Å². The van der Waals surface area contributed by atoms with E-state index in [1.54, 1.807) is 19.1 Å². The first-order valence-electron chi connectivity index (χ1n) is 6.17. The third kappa shape index (κ3) is 2.13. The van der Waals surface area contributed by atoms with Crippen LogP contribution in [-0.2, 0) is 10.2 Å². The molecule has 1 nitrogen and oxygen atoms in total. The van der Waals surface area contributed by atoms with Crippen LogP contribution in [0.2, 0.25) is 0 Å². The topological polar surface area (TPSA) is 17.1 Å². The fourth-order valence-corrected chi connectivity index (χ4v) is 2.65. The maximum absolute atomic E-state index is 12.8. The lowest BCUT2D eigenvalue weighted by molar-refractivity contribution is -0.120. The van der Waals surface area contributed by atoms with Gasteiger partial charge in [-0.25, -0.2) is 4.39 Å². The Morgan fingerprint density at radius 3 is 1.88 bits per heavy atom. The van der Waals surface area contributed by atoms with Gasteiger partial charge in [0.1, 0.15) is 11.6 Å². The third-order valence-electron chi connectivity index (χ3n) is 3.68. The second kappa shape index (κ2) is 4.59. The first kappa shape index (κ1) is 13.9. The normalized spacial score (nSPS) is 24.6. The molecule has 0 aromatic heterocycles. The van der Waals surface area contributed by atoms with Crippen LogP contribution in [0.25, 0.3) is 0 Å². The average Bonchev–Trinajstić information content (AvgIpc) is 2.87. The minimum absolute atomic E-state index is 0.0106. The van der Waals surface area contributed by atoms with Crippen LogP contribution in [0.1, 0.15) is 46.6 Å². The fraction of sp³-hybridized carbons (Fsp3) is 0.533. The second-order valence-corrected chi connectivity index (χ2v) is 5.03. The molecular formula is C15H21FO. The number of halogens is 1. The molecule has 0 bridgehead atoms. The molecule has 17 heavy (non-hydrogen) atoms. The van der Waals surface area contributed by atoms with Crippen molar-refractivity contribution in [1.82, 2.24) is 0 Å². The molecule has 1 aromatic rings. The summed E-state index contributed by atoms with van der Waals surface area (Å²) in [5, 5.41) is 0. The Balaban J connectivity index is 0.000000686. The summed E-state index contributed by atoms with van der Waals surface area (Å²) in [4.78, 5) is 11.7. The zero-order valence-corrected chi connectivity index (χ0v) is 11.3. The molecule has 1 aromatic carbocycles. The van der Waals surface area contributed by atoms with Gasteiger partial charge in [-0.2, -0.15) is 0 Å². The standard InChI is InChI=1S/C13H15FO.C2H6/c1-9(15)13(8-12(13,2)3)10-4-6-11(14)7-5-10;1-2/h4-7H,8H2,1-3H3;1-2H3. The minimum atomic E-state index is -0.374. The van der Waals surface area contributed by atoms with E-state index in [0.29, 0.717) is 0 Å². The summed E-state index contributed by atoms with van der Waals surface area (Å²) in [6, 6.07) is 6.31. The maximum atomic E-state index is 12.8. The van der Waals surface area contributed by atoms with Gasteiger partial charge in [-0.15, -0.1) is 0 Å². The summed E-state index contributed by atoms with van der Waals surface area (Å²) in [5.74, 6) is -0.0741. The highest BCUT2D eigenvalue weighted by Gasteiger charge is 2.65. The highest BCUT2D eigenvalue weighted by atomic mass is 19.1. The van der Waals surface area contributed by atoms with Crippen LogP contribution in [0.3, 0.4) is 0 Å². The molecule has 0 heterocycles. The number of hydrogen-bond donors (Lipinski definition) is 0. The van der Waals surface area contributed by atoms with Crippen molar-refractivity contribution in [3.05, 3.63) is 35.6 Å². The Kier molecular flexibility index (Phi) is 3.75. The summed E-state index contributed by atoms with van der Waals surface area (Å²) < 4.78 is 12.8. The molecule has 0 N–H and O–H groups in total.